The monoisotopic (exact) mass is 354 g/mol. The van der Waals surface area contributed by atoms with E-state index < -0.39 is 0 Å². The lowest BCUT2D eigenvalue weighted by molar-refractivity contribution is -0.110. The molecule has 0 saturated carbocycles. The molecule has 0 heterocycles. The summed E-state index contributed by atoms with van der Waals surface area (Å²) in [6.45, 7) is 4.55. The molecular formula is C21H22O5. The lowest BCUT2D eigenvalue weighted by Crippen LogP contribution is -1.92. The van der Waals surface area contributed by atoms with Crippen molar-refractivity contribution in [3.63, 3.8) is 0 Å². The van der Waals surface area contributed by atoms with E-state index in [0.717, 1.165) is 11.1 Å². The molecule has 2 N–H and O–H groups in total. The van der Waals surface area contributed by atoms with E-state index in [1.807, 2.05) is 13.8 Å². The van der Waals surface area contributed by atoms with E-state index in [1.54, 1.807) is 36.4 Å². The molecule has 0 radical (unpaired) electrons. The van der Waals surface area contributed by atoms with Gasteiger partial charge in [0.05, 0.1) is 13.2 Å². The van der Waals surface area contributed by atoms with Crippen molar-refractivity contribution < 1.29 is 24.5 Å². The number of phenolic OH excluding ortho intramolecular Hbond substituents is 2. The minimum Gasteiger partial charge on any atom is -0.504 e. The fourth-order valence-electron chi connectivity index (χ4n) is 2.22. The molecule has 2 aromatic rings. The summed E-state index contributed by atoms with van der Waals surface area (Å²) in [5.74, 6) is 0.692. The summed E-state index contributed by atoms with van der Waals surface area (Å²) in [5, 5.41) is 19.4. The minimum absolute atomic E-state index is 0.0626. The first-order chi connectivity index (χ1) is 12.5. The zero-order chi connectivity index (χ0) is 18.9. The Balaban J connectivity index is 2.06. The second kappa shape index (κ2) is 9.32. The molecule has 5 nitrogen and oxygen atoms in total. The first-order valence-corrected chi connectivity index (χ1v) is 8.35. The van der Waals surface area contributed by atoms with Crippen molar-refractivity contribution >= 4 is 17.9 Å². The zero-order valence-electron chi connectivity index (χ0n) is 14.8. The number of hydrogen-bond acceptors (Lipinski definition) is 5. The molecule has 0 saturated heterocycles. The van der Waals surface area contributed by atoms with Crippen molar-refractivity contribution in [1.29, 1.82) is 0 Å². The molecule has 0 aliphatic rings. The average Bonchev–Trinajstić information content (AvgIpc) is 2.63. The Kier molecular flexibility index (Phi) is 6.85. The Morgan fingerprint density at radius 3 is 1.65 bits per heavy atom. The molecule has 136 valence electrons. The van der Waals surface area contributed by atoms with Crippen LogP contribution in [-0.4, -0.2) is 29.2 Å². The summed E-state index contributed by atoms with van der Waals surface area (Å²) in [6.07, 6.45) is 6.17. The smallest absolute Gasteiger partial charge is 0.178 e. The highest BCUT2D eigenvalue weighted by Crippen LogP contribution is 2.28. The number of carbonyl (C=O) groups is 1. The highest BCUT2D eigenvalue weighted by atomic mass is 16.5. The van der Waals surface area contributed by atoms with Crippen molar-refractivity contribution in [3.8, 4) is 23.0 Å². The van der Waals surface area contributed by atoms with Crippen LogP contribution in [0.5, 0.6) is 23.0 Å². The van der Waals surface area contributed by atoms with Crippen molar-refractivity contribution in [2.75, 3.05) is 13.2 Å². The molecule has 0 amide bonds. The maximum absolute atomic E-state index is 12.0. The van der Waals surface area contributed by atoms with Gasteiger partial charge in [-0.1, -0.05) is 24.3 Å². The summed E-state index contributed by atoms with van der Waals surface area (Å²) >= 11 is 0. The Morgan fingerprint density at radius 1 is 0.846 bits per heavy atom. The van der Waals surface area contributed by atoms with Gasteiger partial charge in [-0.2, -0.15) is 0 Å². The normalized spacial score (nSPS) is 11.2. The second-order valence-electron chi connectivity index (χ2n) is 5.39. The van der Waals surface area contributed by atoms with Gasteiger partial charge in [-0.25, -0.2) is 0 Å². The summed E-state index contributed by atoms with van der Waals surface area (Å²) < 4.78 is 10.6. The van der Waals surface area contributed by atoms with Crippen LogP contribution in [0, 0.1) is 0 Å². The maximum Gasteiger partial charge on any atom is 0.178 e. The summed E-state index contributed by atoms with van der Waals surface area (Å²) in [7, 11) is 0. The standard InChI is InChI=1S/C21H22O5/c1-3-25-20-13-15(7-11-18(20)23)5-9-17(22)10-6-16-8-12-19(24)21(14-16)26-4-2/h5-14,23-24H,3-4H2,1-2H3/b9-5+,10-6+. The van der Waals surface area contributed by atoms with Crippen LogP contribution in [-0.2, 0) is 4.79 Å². The minimum atomic E-state index is -0.193. The van der Waals surface area contributed by atoms with Gasteiger partial charge < -0.3 is 19.7 Å². The van der Waals surface area contributed by atoms with Gasteiger partial charge >= 0.3 is 0 Å². The van der Waals surface area contributed by atoms with Crippen molar-refractivity contribution in [3.05, 3.63) is 59.7 Å². The quantitative estimate of drug-likeness (QED) is 0.695. The van der Waals surface area contributed by atoms with Gasteiger partial charge in [-0.15, -0.1) is 0 Å². The third-order valence-electron chi connectivity index (χ3n) is 3.45. The van der Waals surface area contributed by atoms with Gasteiger partial charge in [0.15, 0.2) is 28.8 Å². The molecule has 0 fully saturated rings. The molecular weight excluding hydrogens is 332 g/mol. The van der Waals surface area contributed by atoms with Crippen LogP contribution in [0.1, 0.15) is 25.0 Å². The lowest BCUT2D eigenvalue weighted by atomic mass is 10.1. The molecule has 0 bridgehead atoms. The first kappa shape index (κ1) is 19.1. The predicted molar refractivity (Wildman–Crippen MR) is 102 cm³/mol. The molecule has 2 aromatic carbocycles. The van der Waals surface area contributed by atoms with Crippen LogP contribution in [0.25, 0.3) is 12.2 Å². The van der Waals surface area contributed by atoms with Gasteiger partial charge in [0.2, 0.25) is 0 Å². The molecule has 5 heteroatoms. The molecule has 0 aliphatic heterocycles. The van der Waals surface area contributed by atoms with Crippen LogP contribution in [0.15, 0.2) is 48.6 Å². The van der Waals surface area contributed by atoms with Gasteiger partial charge in [-0.05, 0) is 61.4 Å². The predicted octanol–water partition coefficient (Wildman–Crippen LogP) is 4.19. The fourth-order valence-corrected chi connectivity index (χ4v) is 2.22. The Morgan fingerprint density at radius 2 is 1.27 bits per heavy atom. The summed E-state index contributed by atoms with van der Waals surface area (Å²) in [4.78, 5) is 12.0. The van der Waals surface area contributed by atoms with Crippen LogP contribution in [0.2, 0.25) is 0 Å². The van der Waals surface area contributed by atoms with Gasteiger partial charge in [0, 0.05) is 0 Å². The summed E-state index contributed by atoms with van der Waals surface area (Å²) in [6, 6.07) is 9.77. The number of aromatic hydroxyl groups is 2. The topological polar surface area (TPSA) is 76.0 Å². The molecule has 2 rings (SSSR count). The molecule has 26 heavy (non-hydrogen) atoms. The van der Waals surface area contributed by atoms with E-state index in [-0.39, 0.29) is 17.3 Å². The fraction of sp³-hybridized carbons (Fsp3) is 0.190. The zero-order valence-corrected chi connectivity index (χ0v) is 14.8. The maximum atomic E-state index is 12.0. The molecule has 0 atom stereocenters. The van der Waals surface area contributed by atoms with Gasteiger partial charge in [-0.3, -0.25) is 4.79 Å². The number of rotatable bonds is 8. The highest BCUT2D eigenvalue weighted by Gasteiger charge is 2.03. The van der Waals surface area contributed by atoms with Gasteiger partial charge in [0.25, 0.3) is 0 Å². The number of allylic oxidation sites excluding steroid dienone is 2. The van der Waals surface area contributed by atoms with E-state index >= 15 is 0 Å². The largest absolute Gasteiger partial charge is 0.504 e. The molecule has 0 aromatic heterocycles. The third kappa shape index (κ3) is 5.41. The van der Waals surface area contributed by atoms with E-state index in [9.17, 15) is 15.0 Å². The third-order valence-corrected chi connectivity index (χ3v) is 3.45. The summed E-state index contributed by atoms with van der Waals surface area (Å²) in [5.41, 5.74) is 1.49. The second-order valence-corrected chi connectivity index (χ2v) is 5.39. The van der Waals surface area contributed by atoms with Crippen LogP contribution in [0.3, 0.4) is 0 Å². The Bertz CT molecular complexity index is 754. The van der Waals surface area contributed by atoms with Crippen LogP contribution >= 0.6 is 0 Å². The van der Waals surface area contributed by atoms with Gasteiger partial charge in [0.1, 0.15) is 0 Å². The Labute approximate surface area is 152 Å². The Hall–Kier alpha value is -3.21. The molecule has 0 unspecified atom stereocenters. The molecule has 0 aliphatic carbocycles. The van der Waals surface area contributed by atoms with E-state index in [0.29, 0.717) is 24.7 Å². The van der Waals surface area contributed by atoms with Crippen LogP contribution in [0.4, 0.5) is 0 Å². The average molecular weight is 354 g/mol. The van der Waals surface area contributed by atoms with E-state index in [4.69, 9.17) is 9.47 Å². The SMILES string of the molecule is CCOc1cc(/C=C/C(=O)/C=C/c2ccc(O)c(OCC)c2)ccc1O. The number of phenols is 2. The van der Waals surface area contributed by atoms with Crippen molar-refractivity contribution in [2.24, 2.45) is 0 Å². The van der Waals surface area contributed by atoms with Crippen molar-refractivity contribution in [1.82, 2.24) is 0 Å². The first-order valence-electron chi connectivity index (χ1n) is 8.35. The number of carbonyl (C=O) groups excluding carboxylic acids is 1. The number of ketones is 1. The van der Waals surface area contributed by atoms with Crippen molar-refractivity contribution in [2.45, 2.75) is 13.8 Å². The number of ether oxygens (including phenoxy) is 2. The number of benzene rings is 2. The molecule has 0 spiro atoms. The van der Waals surface area contributed by atoms with E-state index in [1.165, 1.54) is 24.3 Å². The lowest BCUT2D eigenvalue weighted by Gasteiger charge is -2.06. The highest BCUT2D eigenvalue weighted by molar-refractivity contribution is 6.04. The van der Waals surface area contributed by atoms with Crippen LogP contribution < -0.4 is 9.47 Å². The van der Waals surface area contributed by atoms with E-state index in [2.05, 4.69) is 0 Å². The number of hydrogen-bond donors (Lipinski definition) is 2.